The summed E-state index contributed by atoms with van der Waals surface area (Å²) in [7, 11) is 1.76. The van der Waals surface area contributed by atoms with Crippen molar-refractivity contribution in [3.05, 3.63) is 0 Å². The Balaban J connectivity index is 2.19. The Bertz CT molecular complexity index is 165. The Hall–Kier alpha value is -0.120. The molecule has 1 aliphatic rings. The number of hydrogen-bond donors (Lipinski definition) is 1. The zero-order valence-electron chi connectivity index (χ0n) is 10.6. The summed E-state index contributed by atoms with van der Waals surface area (Å²) in [5.41, 5.74) is 0. The lowest BCUT2D eigenvalue weighted by Crippen LogP contribution is -2.48. The van der Waals surface area contributed by atoms with Crippen molar-refractivity contribution in [1.82, 2.24) is 10.2 Å². The van der Waals surface area contributed by atoms with Gasteiger partial charge < -0.3 is 15.0 Å². The highest BCUT2D eigenvalue weighted by molar-refractivity contribution is 4.80. The molecule has 3 nitrogen and oxygen atoms in total. The molecule has 1 aliphatic heterocycles. The van der Waals surface area contributed by atoms with Crippen LogP contribution in [0.4, 0.5) is 0 Å². The maximum absolute atomic E-state index is 5.13. The van der Waals surface area contributed by atoms with Gasteiger partial charge in [-0.15, -0.1) is 0 Å². The molecule has 15 heavy (non-hydrogen) atoms. The fourth-order valence-corrected chi connectivity index (χ4v) is 2.28. The summed E-state index contributed by atoms with van der Waals surface area (Å²) < 4.78 is 5.13. The summed E-state index contributed by atoms with van der Waals surface area (Å²) >= 11 is 0. The van der Waals surface area contributed by atoms with Gasteiger partial charge in [0.2, 0.25) is 0 Å². The van der Waals surface area contributed by atoms with E-state index in [1.165, 1.54) is 25.9 Å². The molecule has 1 rings (SSSR count). The number of rotatable bonds is 5. The van der Waals surface area contributed by atoms with E-state index < -0.39 is 0 Å². The molecule has 1 N–H and O–H groups in total. The molecule has 1 fully saturated rings. The molecule has 1 unspecified atom stereocenters. The Morgan fingerprint density at radius 3 is 2.33 bits per heavy atom. The van der Waals surface area contributed by atoms with Crippen molar-refractivity contribution in [1.29, 1.82) is 0 Å². The summed E-state index contributed by atoms with van der Waals surface area (Å²) in [5, 5.41) is 3.63. The van der Waals surface area contributed by atoms with E-state index in [1.807, 2.05) is 0 Å². The number of nitrogens with one attached hydrogen (secondary N) is 1. The van der Waals surface area contributed by atoms with Crippen LogP contribution in [0.5, 0.6) is 0 Å². The first-order valence-electron chi connectivity index (χ1n) is 6.12. The van der Waals surface area contributed by atoms with Crippen molar-refractivity contribution in [3.63, 3.8) is 0 Å². The van der Waals surface area contributed by atoms with Crippen LogP contribution in [0.2, 0.25) is 0 Å². The first kappa shape index (κ1) is 12.9. The van der Waals surface area contributed by atoms with Crippen LogP contribution in [-0.2, 0) is 4.74 Å². The molecule has 0 amide bonds. The quantitative estimate of drug-likeness (QED) is 0.750. The molecule has 0 aromatic rings. The van der Waals surface area contributed by atoms with Gasteiger partial charge in [-0.1, -0.05) is 0 Å². The van der Waals surface area contributed by atoms with Gasteiger partial charge >= 0.3 is 0 Å². The maximum Gasteiger partial charge on any atom is 0.0613 e. The van der Waals surface area contributed by atoms with E-state index in [0.29, 0.717) is 18.1 Å². The number of methoxy groups -OCH3 is 1. The van der Waals surface area contributed by atoms with E-state index in [-0.39, 0.29) is 0 Å². The van der Waals surface area contributed by atoms with Crippen LogP contribution < -0.4 is 5.32 Å². The van der Waals surface area contributed by atoms with Crippen molar-refractivity contribution in [2.75, 3.05) is 26.8 Å². The van der Waals surface area contributed by atoms with E-state index in [2.05, 4.69) is 31.0 Å². The highest BCUT2D eigenvalue weighted by Gasteiger charge is 2.21. The molecule has 90 valence electrons. The molecule has 3 heteroatoms. The summed E-state index contributed by atoms with van der Waals surface area (Å²) in [6.07, 6.45) is 2.54. The fourth-order valence-electron chi connectivity index (χ4n) is 2.28. The minimum absolute atomic E-state index is 0.477. The van der Waals surface area contributed by atoms with Crippen molar-refractivity contribution in [3.8, 4) is 0 Å². The largest absolute Gasteiger partial charge is 0.383 e. The zero-order valence-corrected chi connectivity index (χ0v) is 10.6. The third-order valence-corrected chi connectivity index (χ3v) is 3.20. The average Bonchev–Trinajstić information content (AvgIpc) is 2.18. The second-order valence-electron chi connectivity index (χ2n) is 4.93. The summed E-state index contributed by atoms with van der Waals surface area (Å²) in [6, 6.07) is 1.86. The van der Waals surface area contributed by atoms with E-state index in [1.54, 1.807) is 7.11 Å². The first-order valence-corrected chi connectivity index (χ1v) is 6.12. The molecule has 0 saturated carbocycles. The molecule has 1 heterocycles. The highest BCUT2D eigenvalue weighted by atomic mass is 16.5. The van der Waals surface area contributed by atoms with Crippen LogP contribution in [-0.4, -0.2) is 49.8 Å². The molecule has 0 aromatic carbocycles. The number of hydrogen-bond acceptors (Lipinski definition) is 3. The van der Waals surface area contributed by atoms with Gasteiger partial charge in [-0.25, -0.2) is 0 Å². The van der Waals surface area contributed by atoms with Gasteiger partial charge in [-0.05, 0) is 46.7 Å². The predicted octanol–water partition coefficient (Wildman–Crippen LogP) is 1.48. The van der Waals surface area contributed by atoms with E-state index in [0.717, 1.165) is 6.61 Å². The van der Waals surface area contributed by atoms with Gasteiger partial charge in [0.25, 0.3) is 0 Å². The molecular formula is C12H26N2O. The molecule has 0 radical (unpaired) electrons. The SMILES string of the molecule is COCC(C)NC1CCN(C(C)C)CC1. The Kier molecular flexibility index (Phi) is 5.58. The second kappa shape index (κ2) is 6.46. The Morgan fingerprint density at radius 1 is 1.27 bits per heavy atom. The normalized spacial score (nSPS) is 22.2. The molecule has 1 saturated heterocycles. The zero-order chi connectivity index (χ0) is 11.3. The third kappa shape index (κ3) is 4.49. The van der Waals surface area contributed by atoms with Crippen molar-refractivity contribution < 1.29 is 4.74 Å². The van der Waals surface area contributed by atoms with Crippen LogP contribution in [0, 0.1) is 0 Å². The minimum Gasteiger partial charge on any atom is -0.383 e. The van der Waals surface area contributed by atoms with Crippen molar-refractivity contribution in [2.45, 2.75) is 51.7 Å². The van der Waals surface area contributed by atoms with Gasteiger partial charge in [0.15, 0.2) is 0 Å². The summed E-state index contributed by atoms with van der Waals surface area (Å²) in [4.78, 5) is 2.55. The van der Waals surface area contributed by atoms with Crippen molar-refractivity contribution in [2.24, 2.45) is 0 Å². The molecule has 0 aliphatic carbocycles. The monoisotopic (exact) mass is 214 g/mol. The van der Waals surface area contributed by atoms with Crippen LogP contribution >= 0.6 is 0 Å². The Morgan fingerprint density at radius 2 is 1.87 bits per heavy atom. The summed E-state index contributed by atoms with van der Waals surface area (Å²) in [6.45, 7) is 10.0. The molecular weight excluding hydrogens is 188 g/mol. The molecule has 0 bridgehead atoms. The van der Waals surface area contributed by atoms with Crippen LogP contribution in [0.25, 0.3) is 0 Å². The van der Waals surface area contributed by atoms with E-state index >= 15 is 0 Å². The van der Waals surface area contributed by atoms with Crippen LogP contribution in [0.15, 0.2) is 0 Å². The maximum atomic E-state index is 5.13. The molecule has 0 spiro atoms. The lowest BCUT2D eigenvalue weighted by molar-refractivity contribution is 0.134. The second-order valence-corrected chi connectivity index (χ2v) is 4.93. The Labute approximate surface area is 94.2 Å². The predicted molar refractivity (Wildman–Crippen MR) is 64.2 cm³/mol. The first-order chi connectivity index (χ1) is 7.13. The minimum atomic E-state index is 0.477. The lowest BCUT2D eigenvalue weighted by atomic mass is 10.0. The number of likely N-dealkylation sites (tertiary alicyclic amines) is 1. The third-order valence-electron chi connectivity index (χ3n) is 3.20. The average molecular weight is 214 g/mol. The lowest BCUT2D eigenvalue weighted by Gasteiger charge is -2.36. The van der Waals surface area contributed by atoms with Crippen LogP contribution in [0.1, 0.15) is 33.6 Å². The van der Waals surface area contributed by atoms with Crippen LogP contribution in [0.3, 0.4) is 0 Å². The van der Waals surface area contributed by atoms with Gasteiger partial charge in [0.1, 0.15) is 0 Å². The molecule has 0 aromatic heterocycles. The van der Waals surface area contributed by atoms with Crippen molar-refractivity contribution >= 4 is 0 Å². The summed E-state index contributed by atoms with van der Waals surface area (Å²) in [5.74, 6) is 0. The highest BCUT2D eigenvalue weighted by Crippen LogP contribution is 2.13. The smallest absolute Gasteiger partial charge is 0.0613 e. The van der Waals surface area contributed by atoms with Gasteiger partial charge in [0, 0.05) is 25.2 Å². The van der Waals surface area contributed by atoms with E-state index in [9.17, 15) is 0 Å². The van der Waals surface area contributed by atoms with E-state index in [4.69, 9.17) is 4.74 Å². The number of ether oxygens (including phenoxy) is 1. The fraction of sp³-hybridized carbons (Fsp3) is 1.00. The van der Waals surface area contributed by atoms with Gasteiger partial charge in [-0.2, -0.15) is 0 Å². The molecule has 1 atom stereocenters. The number of piperidine rings is 1. The van der Waals surface area contributed by atoms with Gasteiger partial charge in [-0.3, -0.25) is 0 Å². The topological polar surface area (TPSA) is 24.5 Å². The van der Waals surface area contributed by atoms with Gasteiger partial charge in [0.05, 0.1) is 6.61 Å². The number of nitrogens with zero attached hydrogens (tertiary/aromatic N) is 1. The standard InChI is InChI=1S/C12H26N2O/c1-10(2)14-7-5-12(6-8-14)13-11(3)9-15-4/h10-13H,5-9H2,1-4H3.